The molecule has 1 unspecified atom stereocenters. The molecular weight excluding hydrogens is 214 g/mol. The third-order valence-electron chi connectivity index (χ3n) is 4.15. The van der Waals surface area contributed by atoms with Gasteiger partial charge >= 0.3 is 0 Å². The molecule has 5 heteroatoms. The molecule has 94 valence electrons. The summed E-state index contributed by atoms with van der Waals surface area (Å²) >= 11 is 0. The van der Waals surface area contributed by atoms with E-state index in [9.17, 15) is 13.9 Å². The summed E-state index contributed by atoms with van der Waals surface area (Å²) in [6.45, 7) is 1.42. The van der Waals surface area contributed by atoms with Crippen molar-refractivity contribution in [1.82, 2.24) is 5.32 Å². The van der Waals surface area contributed by atoms with Crippen molar-refractivity contribution in [3.8, 4) is 0 Å². The summed E-state index contributed by atoms with van der Waals surface area (Å²) in [6, 6.07) is 0. The van der Waals surface area contributed by atoms with Crippen molar-refractivity contribution in [3.63, 3.8) is 0 Å². The van der Waals surface area contributed by atoms with Gasteiger partial charge in [0.2, 0.25) is 5.92 Å². The highest BCUT2D eigenvalue weighted by Gasteiger charge is 2.52. The molecule has 2 fully saturated rings. The minimum atomic E-state index is -2.62. The maximum atomic E-state index is 13.1. The number of piperidine rings is 1. The predicted octanol–water partition coefficient (Wildman–Crippen LogP) is 1.01. The number of nitrogens with one attached hydrogen (secondary N) is 1. The molecular formula is C11H20F2N2O. The van der Waals surface area contributed by atoms with Gasteiger partial charge in [0.05, 0.1) is 11.1 Å². The molecule has 0 aromatic carbocycles. The molecule has 0 amide bonds. The van der Waals surface area contributed by atoms with Crippen molar-refractivity contribution in [2.75, 3.05) is 13.1 Å². The molecule has 0 spiro atoms. The van der Waals surface area contributed by atoms with Gasteiger partial charge in [0.15, 0.2) is 0 Å². The van der Waals surface area contributed by atoms with E-state index in [2.05, 4.69) is 5.32 Å². The first-order valence-corrected chi connectivity index (χ1v) is 5.97. The second-order valence-electron chi connectivity index (χ2n) is 5.32. The van der Waals surface area contributed by atoms with Gasteiger partial charge in [0, 0.05) is 19.4 Å². The number of aliphatic hydroxyl groups is 1. The SMILES string of the molecule is NC1(C2(O)CCC(F)(F)CC2)CCCNC1. The van der Waals surface area contributed by atoms with Gasteiger partial charge in [-0.2, -0.15) is 0 Å². The zero-order valence-electron chi connectivity index (χ0n) is 9.44. The summed E-state index contributed by atoms with van der Waals surface area (Å²) in [5.74, 6) is -2.62. The lowest BCUT2D eigenvalue weighted by Crippen LogP contribution is -2.68. The number of halogens is 2. The lowest BCUT2D eigenvalue weighted by atomic mass is 9.67. The van der Waals surface area contributed by atoms with E-state index in [1.54, 1.807) is 0 Å². The summed E-state index contributed by atoms with van der Waals surface area (Å²) in [4.78, 5) is 0. The molecule has 3 nitrogen and oxygen atoms in total. The number of hydrogen-bond acceptors (Lipinski definition) is 3. The zero-order chi connectivity index (χ0) is 11.9. The van der Waals surface area contributed by atoms with Crippen molar-refractivity contribution in [3.05, 3.63) is 0 Å². The second kappa shape index (κ2) is 3.89. The van der Waals surface area contributed by atoms with Crippen LogP contribution in [-0.2, 0) is 0 Å². The first kappa shape index (κ1) is 12.2. The van der Waals surface area contributed by atoms with Gasteiger partial charge < -0.3 is 16.2 Å². The molecule has 0 aromatic rings. The van der Waals surface area contributed by atoms with Crippen LogP contribution in [-0.4, -0.2) is 35.3 Å². The Morgan fingerprint density at radius 3 is 2.19 bits per heavy atom. The van der Waals surface area contributed by atoms with Crippen LogP contribution in [0.15, 0.2) is 0 Å². The predicted molar refractivity (Wildman–Crippen MR) is 57.4 cm³/mol. The molecule has 0 radical (unpaired) electrons. The van der Waals surface area contributed by atoms with Crippen LogP contribution in [0, 0.1) is 0 Å². The van der Waals surface area contributed by atoms with Gasteiger partial charge in [-0.1, -0.05) is 0 Å². The van der Waals surface area contributed by atoms with Crippen molar-refractivity contribution in [2.45, 2.75) is 55.6 Å². The summed E-state index contributed by atoms with van der Waals surface area (Å²) in [7, 11) is 0. The molecule has 1 atom stereocenters. The first-order valence-electron chi connectivity index (χ1n) is 5.97. The van der Waals surface area contributed by atoms with Crippen LogP contribution in [0.4, 0.5) is 8.78 Å². The van der Waals surface area contributed by atoms with Crippen LogP contribution in [0.5, 0.6) is 0 Å². The average Bonchev–Trinajstić information content (AvgIpc) is 2.24. The van der Waals surface area contributed by atoms with Crippen molar-refractivity contribution in [2.24, 2.45) is 5.73 Å². The van der Waals surface area contributed by atoms with Gasteiger partial charge in [0.1, 0.15) is 0 Å². The van der Waals surface area contributed by atoms with E-state index < -0.39 is 17.1 Å². The molecule has 1 saturated heterocycles. The summed E-state index contributed by atoms with van der Waals surface area (Å²) in [6.07, 6.45) is 1.33. The van der Waals surface area contributed by atoms with E-state index in [0.29, 0.717) is 13.0 Å². The van der Waals surface area contributed by atoms with Crippen LogP contribution in [0.25, 0.3) is 0 Å². The highest BCUT2D eigenvalue weighted by atomic mass is 19.3. The fraction of sp³-hybridized carbons (Fsp3) is 1.00. The molecule has 16 heavy (non-hydrogen) atoms. The molecule has 1 heterocycles. The standard InChI is InChI=1S/C11H20F2N2O/c12-11(13)5-3-10(16,4-6-11)9(14)2-1-7-15-8-9/h15-16H,1-8,14H2. The average molecular weight is 234 g/mol. The van der Waals surface area contributed by atoms with E-state index in [4.69, 9.17) is 5.73 Å². The van der Waals surface area contributed by atoms with Crippen molar-refractivity contribution in [1.29, 1.82) is 0 Å². The van der Waals surface area contributed by atoms with Crippen molar-refractivity contribution < 1.29 is 13.9 Å². The zero-order valence-corrected chi connectivity index (χ0v) is 9.44. The molecule has 1 aliphatic carbocycles. The molecule has 1 saturated carbocycles. The molecule has 0 bridgehead atoms. The van der Waals surface area contributed by atoms with Gasteiger partial charge in [-0.15, -0.1) is 0 Å². The molecule has 0 aromatic heterocycles. The topological polar surface area (TPSA) is 58.3 Å². The Morgan fingerprint density at radius 1 is 1.06 bits per heavy atom. The van der Waals surface area contributed by atoms with Crippen LogP contribution < -0.4 is 11.1 Å². The Morgan fingerprint density at radius 2 is 1.69 bits per heavy atom. The number of alkyl halides is 2. The highest BCUT2D eigenvalue weighted by molar-refractivity contribution is 5.09. The van der Waals surface area contributed by atoms with Crippen LogP contribution in [0.1, 0.15) is 38.5 Å². The lowest BCUT2D eigenvalue weighted by molar-refractivity contribution is -0.136. The number of nitrogens with two attached hydrogens (primary N) is 1. The van der Waals surface area contributed by atoms with Gasteiger partial charge in [0.25, 0.3) is 0 Å². The second-order valence-corrected chi connectivity index (χ2v) is 5.32. The fourth-order valence-electron chi connectivity index (χ4n) is 2.85. The van der Waals surface area contributed by atoms with Gasteiger partial charge in [-0.05, 0) is 32.2 Å². The van der Waals surface area contributed by atoms with E-state index in [1.807, 2.05) is 0 Å². The molecule has 4 N–H and O–H groups in total. The largest absolute Gasteiger partial charge is 0.388 e. The van der Waals surface area contributed by atoms with Gasteiger partial charge in [-0.3, -0.25) is 0 Å². The Hall–Kier alpha value is -0.260. The monoisotopic (exact) mass is 234 g/mol. The highest BCUT2D eigenvalue weighted by Crippen LogP contribution is 2.44. The van der Waals surface area contributed by atoms with E-state index in [-0.39, 0.29) is 25.7 Å². The maximum Gasteiger partial charge on any atom is 0.248 e. The number of hydrogen-bond donors (Lipinski definition) is 3. The fourth-order valence-corrected chi connectivity index (χ4v) is 2.85. The smallest absolute Gasteiger partial charge is 0.248 e. The van der Waals surface area contributed by atoms with Crippen LogP contribution in [0.3, 0.4) is 0 Å². The summed E-state index contributed by atoms with van der Waals surface area (Å²) in [5, 5.41) is 13.6. The van der Waals surface area contributed by atoms with Crippen LogP contribution in [0.2, 0.25) is 0 Å². The molecule has 1 aliphatic heterocycles. The van der Waals surface area contributed by atoms with Crippen LogP contribution >= 0.6 is 0 Å². The maximum absolute atomic E-state index is 13.1. The van der Waals surface area contributed by atoms with Crippen molar-refractivity contribution >= 4 is 0 Å². The quantitative estimate of drug-likeness (QED) is 0.634. The summed E-state index contributed by atoms with van der Waals surface area (Å²) < 4.78 is 26.1. The Bertz CT molecular complexity index is 255. The first-order chi connectivity index (χ1) is 7.37. The Labute approximate surface area is 94.4 Å². The summed E-state index contributed by atoms with van der Waals surface area (Å²) in [5.41, 5.74) is 4.34. The van der Waals surface area contributed by atoms with E-state index >= 15 is 0 Å². The minimum absolute atomic E-state index is 0.109. The van der Waals surface area contributed by atoms with E-state index in [1.165, 1.54) is 0 Å². The third-order valence-corrected chi connectivity index (χ3v) is 4.15. The molecule has 2 rings (SSSR count). The number of rotatable bonds is 1. The molecule has 2 aliphatic rings. The lowest BCUT2D eigenvalue weighted by Gasteiger charge is -2.50. The Kier molecular flexibility index (Phi) is 2.97. The minimum Gasteiger partial charge on any atom is -0.388 e. The Balaban J connectivity index is 2.07. The van der Waals surface area contributed by atoms with E-state index in [0.717, 1.165) is 13.0 Å². The normalized spacial score (nSPS) is 38.2. The van der Waals surface area contributed by atoms with Gasteiger partial charge in [-0.25, -0.2) is 8.78 Å². The third kappa shape index (κ3) is 2.08.